The van der Waals surface area contributed by atoms with Gasteiger partial charge in [0.25, 0.3) is 10.4 Å². The zero-order valence-corrected chi connectivity index (χ0v) is 22.3. The number of benzene rings is 1. The van der Waals surface area contributed by atoms with E-state index in [1.807, 2.05) is 11.6 Å². The molecule has 1 aromatic carbocycles. The summed E-state index contributed by atoms with van der Waals surface area (Å²) >= 11 is 0. The Morgan fingerprint density at radius 1 is 0.938 bits per heavy atom. The summed E-state index contributed by atoms with van der Waals surface area (Å²) in [6.45, 7) is 3.94. The molecule has 0 N–H and O–H groups in total. The van der Waals surface area contributed by atoms with E-state index in [1.165, 1.54) is 12.1 Å². The fourth-order valence-electron chi connectivity index (χ4n) is 4.47. The smallest absolute Gasteiger partial charge is 0.716 e. The van der Waals surface area contributed by atoms with E-state index in [4.69, 9.17) is 9.97 Å². The minimum absolute atomic E-state index is 0. The van der Waals surface area contributed by atoms with E-state index >= 15 is 0 Å². The van der Waals surface area contributed by atoms with E-state index in [-0.39, 0.29) is 57.1 Å². The third kappa shape index (κ3) is 4.84. The Morgan fingerprint density at radius 2 is 1.53 bits per heavy atom. The summed E-state index contributed by atoms with van der Waals surface area (Å²) in [5, 5.41) is 1.00. The number of aryl methyl sites for hydroxylation is 1. The summed E-state index contributed by atoms with van der Waals surface area (Å²) in [7, 11) is -2.82. The van der Waals surface area contributed by atoms with Crippen molar-refractivity contribution in [3.05, 3.63) is 30.3 Å². The van der Waals surface area contributed by atoms with Crippen LogP contribution in [0.25, 0.3) is 22.3 Å². The third-order valence-electron chi connectivity index (χ3n) is 6.00. The monoisotopic (exact) mass is 481 g/mol. The number of nitrogens with zero attached hydrogens (tertiary/aromatic N) is 5. The Hall–Kier alpha value is -1.21. The molecule has 0 aliphatic carbocycles. The van der Waals surface area contributed by atoms with Crippen molar-refractivity contribution in [3.63, 3.8) is 0 Å². The molecule has 164 valence electrons. The fraction of sp³-hybridized carbons (Fsp3) is 0.429. The van der Waals surface area contributed by atoms with Crippen LogP contribution in [0.15, 0.2) is 30.3 Å². The quantitative estimate of drug-likeness (QED) is 0.278. The molecule has 0 spiro atoms. The van der Waals surface area contributed by atoms with E-state index in [9.17, 15) is 13.0 Å². The number of hydrogen-bond donors (Lipinski definition) is 0. The third-order valence-corrected chi connectivity index (χ3v) is 6.39. The van der Waals surface area contributed by atoms with Crippen molar-refractivity contribution in [1.82, 2.24) is 14.5 Å². The topological polar surface area (TPSA) is 104 Å². The van der Waals surface area contributed by atoms with Crippen LogP contribution in [0, 0.1) is 0 Å². The normalized spacial score (nSPS) is 16.6. The van der Waals surface area contributed by atoms with E-state index < -0.39 is 10.4 Å². The van der Waals surface area contributed by atoms with Crippen LogP contribution in [-0.2, 0) is 17.4 Å². The molecule has 0 amide bonds. The second kappa shape index (κ2) is 9.57. The number of rotatable bonds is 5. The summed E-state index contributed by atoms with van der Waals surface area (Å²) in [6, 6.07) is 8.51. The summed E-state index contributed by atoms with van der Waals surface area (Å²) in [6.07, 6.45) is 4.64. The van der Waals surface area contributed by atoms with E-state index in [2.05, 4.69) is 20.0 Å². The number of anilines is 2. The standard InChI is InChI=1S/C21H25N5O4S.K/c1-24-18(15-6-8-16(9-7-15)30-31(27,28)29)14-17-19(24)22-21(26-12-4-5-13-26)23-20(17)25-10-2-3-11-25;/h6-9,14H,2-5,10-13H2,1H3,(H,27,28,29);/q;+1/p-1. The van der Waals surface area contributed by atoms with Crippen LogP contribution >= 0.6 is 0 Å². The van der Waals surface area contributed by atoms with Gasteiger partial charge in [0.2, 0.25) is 5.95 Å². The molecule has 32 heavy (non-hydrogen) atoms. The van der Waals surface area contributed by atoms with Gasteiger partial charge in [0.1, 0.15) is 17.2 Å². The molecule has 2 aliphatic rings. The molecule has 2 saturated heterocycles. The first-order valence-electron chi connectivity index (χ1n) is 10.5. The maximum Gasteiger partial charge on any atom is 1.00 e. The van der Waals surface area contributed by atoms with Crippen LogP contribution in [-0.4, -0.2) is 53.7 Å². The predicted octanol–water partition coefficient (Wildman–Crippen LogP) is -0.321. The molecule has 2 aromatic heterocycles. The molecule has 3 aromatic rings. The Morgan fingerprint density at radius 3 is 2.12 bits per heavy atom. The molecule has 9 nitrogen and oxygen atoms in total. The summed E-state index contributed by atoms with van der Waals surface area (Å²) in [5.41, 5.74) is 2.67. The molecular weight excluding hydrogens is 457 g/mol. The molecular formula is C21H24KN5O4S. The van der Waals surface area contributed by atoms with Crippen molar-refractivity contribution in [2.75, 3.05) is 36.0 Å². The van der Waals surface area contributed by atoms with Crippen LogP contribution in [0.2, 0.25) is 0 Å². The van der Waals surface area contributed by atoms with Crippen molar-refractivity contribution >= 4 is 33.2 Å². The summed E-state index contributed by atoms with van der Waals surface area (Å²) in [5.74, 6) is 1.75. The zero-order valence-electron chi connectivity index (χ0n) is 18.3. The number of fused-ring (bicyclic) bond motifs is 1. The number of hydrogen-bond acceptors (Lipinski definition) is 8. The van der Waals surface area contributed by atoms with Crippen molar-refractivity contribution in [2.45, 2.75) is 25.7 Å². The average molecular weight is 482 g/mol. The van der Waals surface area contributed by atoms with E-state index in [0.29, 0.717) is 0 Å². The van der Waals surface area contributed by atoms with Gasteiger partial charge in [-0.15, -0.1) is 0 Å². The van der Waals surface area contributed by atoms with Gasteiger partial charge in [0, 0.05) is 33.2 Å². The first kappa shape index (κ1) is 23.9. The SMILES string of the molecule is Cn1c(-c2ccc(OS(=O)(=O)[O-])cc2)cc2c(N3CCCC3)nc(N3CCCC3)nc21.[K+]. The van der Waals surface area contributed by atoms with Crippen LogP contribution in [0.3, 0.4) is 0 Å². The first-order valence-corrected chi connectivity index (χ1v) is 11.9. The number of aromatic nitrogens is 3. The van der Waals surface area contributed by atoms with Gasteiger partial charge in [-0.05, 0) is 61.6 Å². The van der Waals surface area contributed by atoms with Gasteiger partial charge >= 0.3 is 51.4 Å². The second-order valence-electron chi connectivity index (χ2n) is 8.08. The minimum atomic E-state index is -4.80. The maximum absolute atomic E-state index is 10.8. The maximum atomic E-state index is 10.8. The minimum Gasteiger partial charge on any atom is -0.716 e. The molecule has 11 heteroatoms. The largest absolute Gasteiger partial charge is 1.00 e. The molecule has 0 unspecified atom stereocenters. The van der Waals surface area contributed by atoms with Crippen LogP contribution in [0.1, 0.15) is 25.7 Å². The van der Waals surface area contributed by atoms with Gasteiger partial charge in [0.15, 0.2) is 0 Å². The molecule has 2 aliphatic heterocycles. The van der Waals surface area contributed by atoms with Crippen molar-refractivity contribution in [2.24, 2.45) is 7.05 Å². The van der Waals surface area contributed by atoms with E-state index in [1.54, 1.807) is 12.1 Å². The molecule has 0 radical (unpaired) electrons. The van der Waals surface area contributed by atoms with Crippen LogP contribution < -0.4 is 65.4 Å². The van der Waals surface area contributed by atoms with Crippen LogP contribution in [0.5, 0.6) is 5.75 Å². The van der Waals surface area contributed by atoms with Gasteiger partial charge in [0.05, 0.1) is 11.1 Å². The Bertz CT molecular complexity index is 1220. The molecule has 2 fully saturated rings. The molecule has 0 bridgehead atoms. The zero-order chi connectivity index (χ0) is 21.6. The Balaban J connectivity index is 0.00000245. The van der Waals surface area contributed by atoms with Gasteiger partial charge in [-0.25, -0.2) is 8.42 Å². The first-order chi connectivity index (χ1) is 14.9. The average Bonchev–Trinajstić information content (AvgIpc) is 3.49. The van der Waals surface area contributed by atoms with Gasteiger partial charge in [-0.1, -0.05) is 0 Å². The molecule has 0 atom stereocenters. The van der Waals surface area contributed by atoms with Gasteiger partial charge in [-0.3, -0.25) is 0 Å². The summed E-state index contributed by atoms with van der Waals surface area (Å²) < 4.78 is 38.9. The van der Waals surface area contributed by atoms with Gasteiger partial charge in [-0.2, -0.15) is 9.97 Å². The summed E-state index contributed by atoms with van der Waals surface area (Å²) in [4.78, 5) is 14.5. The molecule has 4 heterocycles. The van der Waals surface area contributed by atoms with Crippen LogP contribution in [0.4, 0.5) is 11.8 Å². The van der Waals surface area contributed by atoms with E-state index in [0.717, 1.165) is 85.9 Å². The molecule has 0 saturated carbocycles. The second-order valence-corrected chi connectivity index (χ2v) is 9.06. The fourth-order valence-corrected chi connectivity index (χ4v) is 4.82. The van der Waals surface area contributed by atoms with Gasteiger partial charge < -0.3 is 23.1 Å². The van der Waals surface area contributed by atoms with Crippen molar-refractivity contribution in [1.29, 1.82) is 0 Å². The predicted molar refractivity (Wildman–Crippen MR) is 117 cm³/mol. The Labute approximate surface area is 230 Å². The Kier molecular flexibility index (Phi) is 7.16. The van der Waals surface area contributed by atoms with Crippen molar-refractivity contribution in [3.8, 4) is 17.0 Å². The van der Waals surface area contributed by atoms with Crippen molar-refractivity contribution < 1.29 is 68.5 Å². The molecule has 5 rings (SSSR count).